The molecule has 8 heteroatoms. The van der Waals surface area contributed by atoms with E-state index >= 15 is 0 Å². The zero-order valence-electron chi connectivity index (χ0n) is 19.9. The fourth-order valence-electron chi connectivity index (χ4n) is 3.96. The van der Waals surface area contributed by atoms with Crippen molar-refractivity contribution in [3.05, 3.63) is 82.2 Å². The van der Waals surface area contributed by atoms with Gasteiger partial charge in [-0.05, 0) is 75.6 Å². The number of nitrogens with zero attached hydrogens (tertiary/aromatic N) is 3. The third-order valence-electron chi connectivity index (χ3n) is 5.40. The minimum atomic E-state index is -3.64. The molecule has 0 radical (unpaired) electrons. The van der Waals surface area contributed by atoms with E-state index < -0.39 is 15.9 Å². The number of para-hydroxylation sites is 1. The van der Waals surface area contributed by atoms with Gasteiger partial charge in [-0.15, -0.1) is 0 Å². The lowest BCUT2D eigenvalue weighted by Crippen LogP contribution is -2.39. The molecule has 1 heterocycles. The number of carbonyl (C=O) groups excluding carboxylic acids is 1. The Balaban J connectivity index is 1.77. The van der Waals surface area contributed by atoms with Crippen molar-refractivity contribution >= 4 is 27.8 Å². The monoisotopic (exact) mass is 466 g/mol. The first kappa shape index (κ1) is 24.3. The zero-order chi connectivity index (χ0) is 24.3. The van der Waals surface area contributed by atoms with Crippen LogP contribution in [0.1, 0.15) is 33.6 Å². The van der Waals surface area contributed by atoms with Crippen LogP contribution in [0.25, 0.3) is 5.69 Å². The number of carbonyl (C=O) groups is 1. The maximum atomic E-state index is 12.5. The predicted molar refractivity (Wildman–Crippen MR) is 134 cm³/mol. The van der Waals surface area contributed by atoms with Gasteiger partial charge in [0, 0.05) is 22.6 Å². The Morgan fingerprint density at radius 1 is 1.03 bits per heavy atom. The highest BCUT2D eigenvalue weighted by atomic mass is 32.2. The second-order valence-electron chi connectivity index (χ2n) is 8.36. The van der Waals surface area contributed by atoms with Crippen LogP contribution < -0.4 is 9.73 Å². The zero-order valence-corrected chi connectivity index (χ0v) is 20.7. The number of aryl methyl sites for hydroxylation is 4. The first-order chi connectivity index (χ1) is 15.5. The number of sulfonamides is 1. The predicted octanol–water partition coefficient (Wildman–Crippen LogP) is 3.94. The molecule has 174 valence electrons. The molecule has 1 aromatic heterocycles. The summed E-state index contributed by atoms with van der Waals surface area (Å²) in [4.78, 5) is 12.5. The van der Waals surface area contributed by atoms with Crippen molar-refractivity contribution in [2.75, 3.05) is 17.1 Å². The van der Waals surface area contributed by atoms with Crippen LogP contribution >= 0.6 is 0 Å². The fourth-order valence-corrected chi connectivity index (χ4v) is 4.87. The molecule has 3 rings (SSSR count). The smallest absolute Gasteiger partial charge is 0.260 e. The van der Waals surface area contributed by atoms with Crippen molar-refractivity contribution < 1.29 is 13.2 Å². The third-order valence-corrected chi connectivity index (χ3v) is 6.53. The van der Waals surface area contributed by atoms with E-state index in [-0.39, 0.29) is 6.54 Å². The molecule has 0 aliphatic rings. The van der Waals surface area contributed by atoms with Crippen molar-refractivity contribution in [2.45, 2.75) is 34.6 Å². The molecule has 0 atom stereocenters. The minimum absolute atomic E-state index is 0.359. The molecule has 0 saturated heterocycles. The fraction of sp³-hybridized carbons (Fsp3) is 0.280. The molecule has 0 fully saturated rings. The lowest BCUT2D eigenvalue weighted by molar-refractivity contribution is -0.119. The molecule has 0 aliphatic carbocycles. The molecular weight excluding hydrogens is 436 g/mol. The lowest BCUT2D eigenvalue weighted by atomic mass is 10.1. The Morgan fingerprint density at radius 3 is 2.27 bits per heavy atom. The molecule has 2 aromatic carbocycles. The minimum Gasteiger partial charge on any atom is -0.318 e. The molecule has 1 amide bonds. The number of aromatic nitrogens is 1. The van der Waals surface area contributed by atoms with Crippen LogP contribution in [-0.2, 0) is 14.8 Å². The van der Waals surface area contributed by atoms with Crippen molar-refractivity contribution in [3.63, 3.8) is 0 Å². The number of benzene rings is 2. The first-order valence-electron chi connectivity index (χ1n) is 10.6. The third kappa shape index (κ3) is 5.70. The van der Waals surface area contributed by atoms with Gasteiger partial charge in [-0.25, -0.2) is 13.8 Å². The van der Waals surface area contributed by atoms with Crippen LogP contribution in [0.5, 0.6) is 0 Å². The molecule has 0 unspecified atom stereocenters. The van der Waals surface area contributed by atoms with Gasteiger partial charge in [0.15, 0.2) is 0 Å². The Bertz CT molecular complexity index is 1300. The molecule has 1 N–H and O–H groups in total. The normalized spacial score (nSPS) is 11.7. The van der Waals surface area contributed by atoms with Gasteiger partial charge in [-0.3, -0.25) is 9.10 Å². The van der Waals surface area contributed by atoms with Gasteiger partial charge in [0.2, 0.25) is 10.0 Å². The summed E-state index contributed by atoms with van der Waals surface area (Å²) < 4.78 is 27.8. The van der Waals surface area contributed by atoms with Gasteiger partial charge in [0.25, 0.3) is 5.91 Å². The average Bonchev–Trinajstić information content (AvgIpc) is 2.98. The van der Waals surface area contributed by atoms with Crippen molar-refractivity contribution in [1.29, 1.82) is 0 Å². The highest BCUT2D eigenvalue weighted by molar-refractivity contribution is 7.92. The summed E-state index contributed by atoms with van der Waals surface area (Å²) in [6.07, 6.45) is 2.66. The van der Waals surface area contributed by atoms with Crippen LogP contribution in [0.15, 0.2) is 53.6 Å². The molecule has 0 aliphatic heterocycles. The molecular formula is C25H30N4O3S. The van der Waals surface area contributed by atoms with E-state index in [9.17, 15) is 13.2 Å². The number of nitrogens with one attached hydrogen (secondary N) is 1. The number of hydrogen-bond donors (Lipinski definition) is 1. The maximum absolute atomic E-state index is 12.5. The number of rotatable bonds is 7. The van der Waals surface area contributed by atoms with Crippen molar-refractivity contribution in [3.8, 4) is 5.69 Å². The van der Waals surface area contributed by atoms with Gasteiger partial charge in [0.1, 0.15) is 6.54 Å². The summed E-state index contributed by atoms with van der Waals surface area (Å²) in [6.45, 7) is 9.60. The van der Waals surface area contributed by atoms with E-state index in [0.29, 0.717) is 5.69 Å². The van der Waals surface area contributed by atoms with Crippen molar-refractivity contribution in [1.82, 2.24) is 9.99 Å². The second-order valence-corrected chi connectivity index (χ2v) is 10.3. The molecule has 0 bridgehead atoms. The molecule has 7 nitrogen and oxygen atoms in total. The van der Waals surface area contributed by atoms with E-state index in [2.05, 4.69) is 47.1 Å². The summed E-state index contributed by atoms with van der Waals surface area (Å²) in [5.74, 6) is -0.525. The van der Waals surface area contributed by atoms with Crippen LogP contribution in [0.2, 0.25) is 0 Å². The van der Waals surface area contributed by atoms with Gasteiger partial charge < -0.3 is 4.57 Å². The highest BCUT2D eigenvalue weighted by Gasteiger charge is 2.22. The Labute approximate surface area is 195 Å². The standard InChI is InChI=1S/C25H30N4O3S/c1-17-11-18(2)13-23(12-17)29-20(4)14-22(21(29)5)15-26-27-25(30)16-28(33(6,31)32)24-10-8-7-9-19(24)3/h7-15H,16H2,1-6H3,(H,27,30)/b26-15-. The van der Waals surface area contributed by atoms with E-state index in [4.69, 9.17) is 0 Å². The molecule has 0 saturated carbocycles. The number of amides is 1. The highest BCUT2D eigenvalue weighted by Crippen LogP contribution is 2.23. The van der Waals surface area contributed by atoms with Gasteiger partial charge >= 0.3 is 0 Å². The summed E-state index contributed by atoms with van der Waals surface area (Å²) in [7, 11) is -3.64. The van der Waals surface area contributed by atoms with Crippen LogP contribution in [0, 0.1) is 34.6 Å². The SMILES string of the molecule is Cc1cc(C)cc(-n2c(C)cc(/C=N\NC(=O)CN(c3ccccc3C)S(C)(=O)=O)c2C)c1. The quantitative estimate of drug-likeness (QED) is 0.423. The van der Waals surface area contributed by atoms with Crippen molar-refractivity contribution in [2.24, 2.45) is 5.10 Å². The molecule has 3 aromatic rings. The number of anilines is 1. The van der Waals surface area contributed by atoms with Crippen LogP contribution in [0.4, 0.5) is 5.69 Å². The van der Waals surface area contributed by atoms with Crippen LogP contribution in [-0.4, -0.2) is 37.9 Å². The summed E-state index contributed by atoms with van der Waals surface area (Å²) in [5.41, 5.74) is 10.0. The summed E-state index contributed by atoms with van der Waals surface area (Å²) >= 11 is 0. The maximum Gasteiger partial charge on any atom is 0.260 e. The van der Waals surface area contributed by atoms with Gasteiger partial charge in [-0.1, -0.05) is 24.3 Å². The lowest BCUT2D eigenvalue weighted by Gasteiger charge is -2.23. The van der Waals surface area contributed by atoms with Crippen LogP contribution in [0.3, 0.4) is 0 Å². The average molecular weight is 467 g/mol. The van der Waals surface area contributed by atoms with E-state index in [0.717, 1.165) is 38.8 Å². The largest absolute Gasteiger partial charge is 0.318 e. The van der Waals surface area contributed by atoms with Gasteiger partial charge in [0.05, 0.1) is 18.2 Å². The van der Waals surface area contributed by atoms with Gasteiger partial charge in [-0.2, -0.15) is 5.10 Å². The second kappa shape index (κ2) is 9.62. The number of hydrazone groups is 1. The molecule has 0 spiro atoms. The summed E-state index contributed by atoms with van der Waals surface area (Å²) in [5, 5.41) is 4.08. The Kier molecular flexibility index (Phi) is 7.07. The molecule has 33 heavy (non-hydrogen) atoms. The van der Waals surface area contributed by atoms with E-state index in [1.165, 1.54) is 11.1 Å². The Hall–Kier alpha value is -3.39. The summed E-state index contributed by atoms with van der Waals surface area (Å²) in [6, 6.07) is 15.4. The first-order valence-corrected chi connectivity index (χ1v) is 12.4. The number of hydrogen-bond acceptors (Lipinski definition) is 4. The topological polar surface area (TPSA) is 83.8 Å². The van der Waals surface area contributed by atoms with E-state index in [1.54, 1.807) is 31.3 Å². The van der Waals surface area contributed by atoms with E-state index in [1.807, 2.05) is 26.0 Å². The Morgan fingerprint density at radius 2 is 1.67 bits per heavy atom.